The Morgan fingerprint density at radius 3 is 2.67 bits per heavy atom. The van der Waals surface area contributed by atoms with Gasteiger partial charge in [0.2, 0.25) is 0 Å². The molecule has 4 heteroatoms. The Morgan fingerprint density at radius 1 is 1.47 bits per heavy atom. The predicted molar refractivity (Wildman–Crippen MR) is 59.8 cm³/mol. The van der Waals surface area contributed by atoms with Crippen molar-refractivity contribution in [3.63, 3.8) is 0 Å². The summed E-state index contributed by atoms with van der Waals surface area (Å²) in [7, 11) is 3.52. The van der Waals surface area contributed by atoms with Gasteiger partial charge in [0.25, 0.3) is 0 Å². The van der Waals surface area contributed by atoms with Crippen LogP contribution in [0.5, 0.6) is 0 Å². The molecule has 2 atom stereocenters. The van der Waals surface area contributed by atoms with Crippen LogP contribution < -0.4 is 5.32 Å². The fraction of sp³-hybridized carbons (Fsp3) is 0.909. The third-order valence-electron chi connectivity index (χ3n) is 2.79. The van der Waals surface area contributed by atoms with Crippen molar-refractivity contribution in [3.8, 4) is 0 Å². The first kappa shape index (κ1) is 12.3. The van der Waals surface area contributed by atoms with Crippen molar-refractivity contribution in [2.75, 3.05) is 20.7 Å². The summed E-state index contributed by atoms with van der Waals surface area (Å²) in [6, 6.07) is 0.255. The van der Waals surface area contributed by atoms with Gasteiger partial charge in [0.05, 0.1) is 6.10 Å². The van der Waals surface area contributed by atoms with E-state index < -0.39 is 0 Å². The van der Waals surface area contributed by atoms with Gasteiger partial charge in [-0.15, -0.1) is 0 Å². The molecular weight excluding hydrogens is 192 g/mol. The standard InChI is InChI=1S/C11H22N2O2/c1-8(2)10-7-9(5-6-15-10)12-11(14)13(3)4/h8-10H,5-7H2,1-4H3,(H,12,14)/t9-,10-/m1/s1. The molecule has 4 nitrogen and oxygen atoms in total. The highest BCUT2D eigenvalue weighted by atomic mass is 16.5. The molecule has 88 valence electrons. The lowest BCUT2D eigenvalue weighted by molar-refractivity contribution is -0.0229. The van der Waals surface area contributed by atoms with E-state index in [0.29, 0.717) is 5.92 Å². The highest BCUT2D eigenvalue weighted by molar-refractivity contribution is 5.73. The number of amides is 2. The Balaban J connectivity index is 2.39. The van der Waals surface area contributed by atoms with Crippen molar-refractivity contribution < 1.29 is 9.53 Å². The number of ether oxygens (including phenoxy) is 1. The SMILES string of the molecule is CC(C)[C@H]1C[C@H](NC(=O)N(C)C)CCO1. The maximum Gasteiger partial charge on any atom is 0.317 e. The average Bonchev–Trinajstić information content (AvgIpc) is 2.18. The zero-order valence-electron chi connectivity index (χ0n) is 10.1. The second-order valence-electron chi connectivity index (χ2n) is 4.72. The Morgan fingerprint density at radius 2 is 2.13 bits per heavy atom. The van der Waals surface area contributed by atoms with E-state index in [4.69, 9.17) is 4.74 Å². The number of hydrogen-bond donors (Lipinski definition) is 1. The predicted octanol–water partition coefficient (Wildman–Crippen LogP) is 1.46. The molecule has 1 aliphatic rings. The van der Waals surface area contributed by atoms with E-state index in [1.165, 1.54) is 0 Å². The van der Waals surface area contributed by atoms with Crippen LogP contribution in [0.25, 0.3) is 0 Å². The van der Waals surface area contributed by atoms with Crippen molar-refractivity contribution in [1.29, 1.82) is 0 Å². The van der Waals surface area contributed by atoms with Crippen LogP contribution in [-0.2, 0) is 4.74 Å². The van der Waals surface area contributed by atoms with Crippen molar-refractivity contribution in [2.24, 2.45) is 5.92 Å². The van der Waals surface area contributed by atoms with Crippen molar-refractivity contribution >= 4 is 6.03 Å². The maximum atomic E-state index is 11.5. The van der Waals surface area contributed by atoms with Crippen molar-refractivity contribution in [2.45, 2.75) is 38.8 Å². The molecule has 0 radical (unpaired) electrons. The number of nitrogens with zero attached hydrogens (tertiary/aromatic N) is 1. The number of carbonyl (C=O) groups is 1. The topological polar surface area (TPSA) is 41.6 Å². The van der Waals surface area contributed by atoms with Gasteiger partial charge in [-0.3, -0.25) is 0 Å². The Labute approximate surface area is 92.0 Å². The molecule has 1 rings (SSSR count). The Hall–Kier alpha value is -0.770. The molecule has 0 aromatic heterocycles. The zero-order chi connectivity index (χ0) is 11.4. The monoisotopic (exact) mass is 214 g/mol. The van der Waals surface area contributed by atoms with Gasteiger partial charge >= 0.3 is 6.03 Å². The summed E-state index contributed by atoms with van der Waals surface area (Å²) in [5, 5.41) is 3.01. The molecular formula is C11H22N2O2. The maximum absolute atomic E-state index is 11.5. The third-order valence-corrected chi connectivity index (χ3v) is 2.79. The first-order chi connectivity index (χ1) is 7.00. The lowest BCUT2D eigenvalue weighted by atomic mass is 9.95. The largest absolute Gasteiger partial charge is 0.378 e. The van der Waals surface area contributed by atoms with E-state index in [-0.39, 0.29) is 18.2 Å². The van der Waals surface area contributed by atoms with E-state index in [9.17, 15) is 4.79 Å². The lowest BCUT2D eigenvalue weighted by Crippen LogP contribution is -2.46. The second-order valence-corrected chi connectivity index (χ2v) is 4.72. The minimum atomic E-state index is -0.00981. The number of rotatable bonds is 2. The zero-order valence-corrected chi connectivity index (χ0v) is 10.1. The first-order valence-electron chi connectivity index (χ1n) is 5.60. The highest BCUT2D eigenvalue weighted by Crippen LogP contribution is 2.20. The summed E-state index contributed by atoms with van der Waals surface area (Å²) < 4.78 is 5.65. The minimum absolute atomic E-state index is 0.00981. The molecule has 0 aromatic rings. The van der Waals surface area contributed by atoms with Gasteiger partial charge in [-0.2, -0.15) is 0 Å². The number of carbonyl (C=O) groups excluding carboxylic acids is 1. The summed E-state index contributed by atoms with van der Waals surface area (Å²) in [4.78, 5) is 13.0. The summed E-state index contributed by atoms with van der Waals surface area (Å²) in [6.45, 7) is 5.06. The number of hydrogen-bond acceptors (Lipinski definition) is 2. The normalized spacial score (nSPS) is 26.5. The van der Waals surface area contributed by atoms with Crippen LogP contribution in [-0.4, -0.2) is 43.8 Å². The minimum Gasteiger partial charge on any atom is -0.378 e. The first-order valence-corrected chi connectivity index (χ1v) is 5.60. The fourth-order valence-corrected chi connectivity index (χ4v) is 1.73. The van der Waals surface area contributed by atoms with Crippen LogP contribution in [0.2, 0.25) is 0 Å². The van der Waals surface area contributed by atoms with Gasteiger partial charge in [-0.1, -0.05) is 13.8 Å². The molecule has 0 spiro atoms. The fourth-order valence-electron chi connectivity index (χ4n) is 1.73. The smallest absolute Gasteiger partial charge is 0.317 e. The summed E-state index contributed by atoms with van der Waals surface area (Å²) in [5.41, 5.74) is 0. The van der Waals surface area contributed by atoms with Gasteiger partial charge in [0.15, 0.2) is 0 Å². The van der Waals surface area contributed by atoms with Gasteiger partial charge in [-0.25, -0.2) is 4.79 Å². The molecule has 15 heavy (non-hydrogen) atoms. The summed E-state index contributed by atoms with van der Waals surface area (Å²) >= 11 is 0. The average molecular weight is 214 g/mol. The van der Waals surface area contributed by atoms with E-state index in [1.54, 1.807) is 19.0 Å². The molecule has 1 heterocycles. The van der Waals surface area contributed by atoms with Crippen LogP contribution >= 0.6 is 0 Å². The van der Waals surface area contributed by atoms with Crippen LogP contribution in [0.4, 0.5) is 4.79 Å². The summed E-state index contributed by atoms with van der Waals surface area (Å²) in [5.74, 6) is 0.518. The van der Waals surface area contributed by atoms with Gasteiger partial charge < -0.3 is 15.0 Å². The number of urea groups is 1. The molecule has 1 saturated heterocycles. The van der Waals surface area contributed by atoms with E-state index in [2.05, 4.69) is 19.2 Å². The molecule has 1 aliphatic heterocycles. The molecule has 0 unspecified atom stereocenters. The van der Waals surface area contributed by atoms with E-state index in [0.717, 1.165) is 19.4 Å². The van der Waals surface area contributed by atoms with Crippen LogP contribution in [0.3, 0.4) is 0 Å². The molecule has 0 aromatic carbocycles. The molecule has 1 N–H and O–H groups in total. The summed E-state index contributed by atoms with van der Waals surface area (Å²) in [6.07, 6.45) is 2.13. The van der Waals surface area contributed by atoms with Gasteiger partial charge in [0, 0.05) is 26.7 Å². The third kappa shape index (κ3) is 3.70. The molecule has 2 amide bonds. The van der Waals surface area contributed by atoms with Crippen molar-refractivity contribution in [3.05, 3.63) is 0 Å². The highest BCUT2D eigenvalue weighted by Gasteiger charge is 2.26. The van der Waals surface area contributed by atoms with E-state index >= 15 is 0 Å². The van der Waals surface area contributed by atoms with Crippen molar-refractivity contribution in [1.82, 2.24) is 10.2 Å². The molecule has 0 aliphatic carbocycles. The number of nitrogens with one attached hydrogen (secondary N) is 1. The lowest BCUT2D eigenvalue weighted by Gasteiger charge is -2.32. The van der Waals surface area contributed by atoms with Gasteiger partial charge in [0.1, 0.15) is 0 Å². The van der Waals surface area contributed by atoms with Gasteiger partial charge in [-0.05, 0) is 18.8 Å². The second kappa shape index (κ2) is 5.35. The Kier molecular flexibility index (Phi) is 4.39. The van der Waals surface area contributed by atoms with E-state index in [1.807, 2.05) is 0 Å². The van der Waals surface area contributed by atoms with Crippen LogP contribution in [0, 0.1) is 5.92 Å². The molecule has 1 fully saturated rings. The van der Waals surface area contributed by atoms with Crippen LogP contribution in [0.1, 0.15) is 26.7 Å². The quantitative estimate of drug-likeness (QED) is 0.756. The molecule has 0 bridgehead atoms. The Bertz CT molecular complexity index is 217. The van der Waals surface area contributed by atoms with Crippen LogP contribution in [0.15, 0.2) is 0 Å². The molecule has 0 saturated carbocycles.